The number of carbonyl (C=O) groups is 2. The minimum Gasteiger partial charge on any atom is -0.483 e. The van der Waals surface area contributed by atoms with Gasteiger partial charge in [-0.3, -0.25) is 9.59 Å². The maximum absolute atomic E-state index is 14.3. The Hall–Kier alpha value is -2.41. The van der Waals surface area contributed by atoms with Crippen molar-refractivity contribution in [2.24, 2.45) is 0 Å². The van der Waals surface area contributed by atoms with Crippen molar-refractivity contribution in [1.29, 1.82) is 0 Å². The maximum atomic E-state index is 14.3. The lowest BCUT2D eigenvalue weighted by molar-refractivity contribution is -0.142. The van der Waals surface area contributed by atoms with Crippen molar-refractivity contribution in [1.82, 2.24) is 10.2 Å². The summed E-state index contributed by atoms with van der Waals surface area (Å²) in [5.74, 6) is -0.591. The van der Waals surface area contributed by atoms with Crippen LogP contribution in [0.3, 0.4) is 0 Å². The third kappa shape index (κ3) is 7.56. The van der Waals surface area contributed by atoms with Crippen LogP contribution in [0.15, 0.2) is 46.9 Å². The van der Waals surface area contributed by atoms with Crippen molar-refractivity contribution in [3.8, 4) is 5.75 Å². The fourth-order valence-corrected chi connectivity index (χ4v) is 3.66. The van der Waals surface area contributed by atoms with Crippen LogP contribution in [0.4, 0.5) is 4.39 Å². The largest absolute Gasteiger partial charge is 0.483 e. The summed E-state index contributed by atoms with van der Waals surface area (Å²) < 4.78 is 20.8. The van der Waals surface area contributed by atoms with E-state index < -0.39 is 17.8 Å². The van der Waals surface area contributed by atoms with E-state index in [-0.39, 0.29) is 30.5 Å². The summed E-state index contributed by atoms with van der Waals surface area (Å²) in [4.78, 5) is 27.3. The molecule has 0 aliphatic rings. The Morgan fingerprint density at radius 2 is 1.82 bits per heavy atom. The highest BCUT2D eigenvalue weighted by atomic mass is 79.9. The van der Waals surface area contributed by atoms with E-state index in [1.807, 2.05) is 32.0 Å². The normalized spacial score (nSPS) is 13.2. The summed E-state index contributed by atoms with van der Waals surface area (Å²) in [6, 6.07) is 11.2. The van der Waals surface area contributed by atoms with E-state index in [0.717, 1.165) is 16.5 Å². The Labute approximate surface area is 204 Å². The zero-order valence-corrected chi connectivity index (χ0v) is 21.8. The molecule has 180 valence electrons. The van der Waals surface area contributed by atoms with Gasteiger partial charge in [-0.15, -0.1) is 0 Å². The van der Waals surface area contributed by atoms with Crippen LogP contribution in [-0.4, -0.2) is 35.4 Å². The number of benzene rings is 2. The minimum absolute atomic E-state index is 0.0220. The molecule has 0 bridgehead atoms. The molecule has 0 aliphatic carbocycles. The molecule has 5 nitrogen and oxygen atoms in total. The molecule has 0 aliphatic heterocycles. The Morgan fingerprint density at radius 3 is 2.39 bits per heavy atom. The van der Waals surface area contributed by atoms with Gasteiger partial charge in [-0.05, 0) is 65.4 Å². The Balaban J connectivity index is 2.20. The molecule has 2 amide bonds. The smallest absolute Gasteiger partial charge is 0.261 e. The van der Waals surface area contributed by atoms with Crippen LogP contribution in [0.1, 0.15) is 59.1 Å². The van der Waals surface area contributed by atoms with Crippen molar-refractivity contribution in [2.45, 2.75) is 72.0 Å². The Morgan fingerprint density at radius 1 is 1.15 bits per heavy atom. The van der Waals surface area contributed by atoms with Crippen LogP contribution in [0, 0.1) is 5.82 Å². The molecule has 0 spiro atoms. The molecule has 1 N–H and O–H groups in total. The summed E-state index contributed by atoms with van der Waals surface area (Å²) in [7, 11) is 0. The molecule has 0 saturated heterocycles. The number of hydrogen-bond donors (Lipinski definition) is 1. The second-order valence-corrected chi connectivity index (χ2v) is 10.1. The second-order valence-electron chi connectivity index (χ2n) is 9.29. The van der Waals surface area contributed by atoms with Gasteiger partial charge < -0.3 is 15.0 Å². The van der Waals surface area contributed by atoms with Gasteiger partial charge in [0.05, 0.1) is 4.47 Å². The monoisotopic (exact) mass is 520 g/mol. The number of halogens is 2. The van der Waals surface area contributed by atoms with Gasteiger partial charge in [-0.25, -0.2) is 4.39 Å². The highest BCUT2D eigenvalue weighted by Gasteiger charge is 2.28. The maximum Gasteiger partial charge on any atom is 0.261 e. The average molecular weight is 521 g/mol. The second kappa shape index (κ2) is 11.6. The Kier molecular flexibility index (Phi) is 9.46. The molecule has 0 saturated carbocycles. The van der Waals surface area contributed by atoms with E-state index in [1.54, 1.807) is 25.1 Å². The minimum atomic E-state index is -0.790. The number of nitrogens with zero attached hydrogens (tertiary/aromatic N) is 1. The zero-order chi connectivity index (χ0) is 24.8. The molecule has 7 heteroatoms. The van der Waals surface area contributed by atoms with Gasteiger partial charge in [0.2, 0.25) is 5.91 Å². The molecule has 0 unspecified atom stereocenters. The zero-order valence-electron chi connectivity index (χ0n) is 20.2. The van der Waals surface area contributed by atoms with Crippen LogP contribution in [0.5, 0.6) is 5.75 Å². The van der Waals surface area contributed by atoms with Gasteiger partial charge in [0, 0.05) is 18.2 Å². The van der Waals surface area contributed by atoms with E-state index in [2.05, 4.69) is 42.0 Å². The lowest BCUT2D eigenvalue weighted by Gasteiger charge is -2.29. The molecule has 33 heavy (non-hydrogen) atoms. The standard InChI is InChI=1S/C26H34BrFN2O3/c1-7-17(2)29-25(32)18(3)30(15-19-10-8-9-11-22(19)28)24(31)16-33-23-13-12-20(14-21(23)27)26(4,5)6/h8-14,17-18H,7,15-16H2,1-6H3,(H,29,32)/t17-,18+/m0/s1. The number of rotatable bonds is 9. The van der Waals surface area contributed by atoms with Gasteiger partial charge in [-0.2, -0.15) is 0 Å². The molecule has 0 heterocycles. The van der Waals surface area contributed by atoms with Crippen molar-refractivity contribution < 1.29 is 18.7 Å². The lowest BCUT2D eigenvalue weighted by Crippen LogP contribution is -2.50. The van der Waals surface area contributed by atoms with Crippen LogP contribution in [0.2, 0.25) is 0 Å². The number of hydrogen-bond acceptors (Lipinski definition) is 3. The molecule has 2 aromatic rings. The van der Waals surface area contributed by atoms with Crippen molar-refractivity contribution in [3.05, 3.63) is 63.9 Å². The van der Waals surface area contributed by atoms with E-state index in [1.165, 1.54) is 11.0 Å². The van der Waals surface area contributed by atoms with Gasteiger partial charge in [0.25, 0.3) is 5.91 Å². The fraction of sp³-hybridized carbons (Fsp3) is 0.462. The first-order valence-corrected chi connectivity index (χ1v) is 12.0. The van der Waals surface area contributed by atoms with Crippen LogP contribution < -0.4 is 10.1 Å². The lowest BCUT2D eigenvalue weighted by atomic mass is 9.87. The molecule has 2 atom stereocenters. The summed E-state index contributed by atoms with van der Waals surface area (Å²) in [5, 5.41) is 2.89. The number of nitrogens with one attached hydrogen (secondary N) is 1. The van der Waals surface area contributed by atoms with Crippen LogP contribution in [0.25, 0.3) is 0 Å². The molecular formula is C26H34BrFN2O3. The first-order valence-electron chi connectivity index (χ1n) is 11.2. The first kappa shape index (κ1) is 26.8. The summed E-state index contributed by atoms with van der Waals surface area (Å²) in [6.45, 7) is 11.5. The average Bonchev–Trinajstić information content (AvgIpc) is 2.76. The van der Waals surface area contributed by atoms with Crippen molar-refractivity contribution >= 4 is 27.7 Å². The topological polar surface area (TPSA) is 58.6 Å². The van der Waals surface area contributed by atoms with Crippen molar-refractivity contribution in [3.63, 3.8) is 0 Å². The molecular weight excluding hydrogens is 487 g/mol. The van der Waals surface area contributed by atoms with Gasteiger partial charge in [0.15, 0.2) is 6.61 Å². The summed E-state index contributed by atoms with van der Waals surface area (Å²) >= 11 is 3.51. The summed E-state index contributed by atoms with van der Waals surface area (Å²) in [5.41, 5.74) is 1.44. The van der Waals surface area contributed by atoms with Gasteiger partial charge >= 0.3 is 0 Å². The number of ether oxygens (including phenoxy) is 1. The molecule has 2 rings (SSSR count). The quantitative estimate of drug-likeness (QED) is 0.468. The Bertz CT molecular complexity index is 974. The molecule has 2 aromatic carbocycles. The number of carbonyl (C=O) groups excluding carboxylic acids is 2. The predicted molar refractivity (Wildman–Crippen MR) is 133 cm³/mol. The van der Waals surface area contributed by atoms with Crippen LogP contribution in [-0.2, 0) is 21.5 Å². The molecule has 0 radical (unpaired) electrons. The molecule has 0 aromatic heterocycles. The van der Waals surface area contributed by atoms with Crippen molar-refractivity contribution in [2.75, 3.05) is 6.61 Å². The van der Waals surface area contributed by atoms with E-state index in [0.29, 0.717) is 11.3 Å². The highest BCUT2D eigenvalue weighted by molar-refractivity contribution is 9.10. The van der Waals surface area contributed by atoms with Crippen LogP contribution >= 0.6 is 15.9 Å². The van der Waals surface area contributed by atoms with E-state index in [9.17, 15) is 14.0 Å². The first-order chi connectivity index (χ1) is 15.4. The SMILES string of the molecule is CC[C@H](C)NC(=O)[C@@H](C)N(Cc1ccccc1F)C(=O)COc1ccc(C(C)(C)C)cc1Br. The van der Waals surface area contributed by atoms with Gasteiger partial charge in [0.1, 0.15) is 17.6 Å². The van der Waals surface area contributed by atoms with E-state index >= 15 is 0 Å². The fourth-order valence-electron chi connectivity index (χ4n) is 3.17. The van der Waals surface area contributed by atoms with E-state index in [4.69, 9.17) is 4.74 Å². The predicted octanol–water partition coefficient (Wildman–Crippen LogP) is 5.60. The summed E-state index contributed by atoms with van der Waals surface area (Å²) in [6.07, 6.45) is 0.765. The third-order valence-corrected chi connectivity index (χ3v) is 6.24. The number of amides is 2. The highest BCUT2D eigenvalue weighted by Crippen LogP contribution is 2.31. The third-order valence-electron chi connectivity index (χ3n) is 5.62. The van der Waals surface area contributed by atoms with Gasteiger partial charge in [-0.1, -0.05) is 52.0 Å². The molecule has 0 fully saturated rings.